The quantitative estimate of drug-likeness (QED) is 0.698. The van der Waals surface area contributed by atoms with Crippen molar-refractivity contribution >= 4 is 28.4 Å². The molecule has 2 heterocycles. The molecule has 1 fully saturated rings. The molecule has 1 aliphatic rings. The van der Waals surface area contributed by atoms with E-state index >= 15 is 0 Å². The highest BCUT2D eigenvalue weighted by Gasteiger charge is 2.25. The highest BCUT2D eigenvalue weighted by Crippen LogP contribution is 2.30. The molecule has 1 aromatic carbocycles. The first-order chi connectivity index (χ1) is 12.1. The lowest BCUT2D eigenvalue weighted by atomic mass is 10.0. The smallest absolute Gasteiger partial charge is 0.272 e. The standard InChI is InChI=1S/C20H18ClN3O/c1-24(12-13-2-3-13)20(25)18-9-6-15-10-22-11-17(19(15)23-18)14-4-7-16(21)8-5-14/h4-11,13H,2-3,12H2,1H3. The zero-order chi connectivity index (χ0) is 17.4. The molecule has 1 amide bonds. The Hall–Kier alpha value is -2.46. The van der Waals surface area contributed by atoms with E-state index in [1.54, 1.807) is 23.4 Å². The number of rotatable bonds is 4. The summed E-state index contributed by atoms with van der Waals surface area (Å²) in [6.07, 6.45) is 5.98. The molecule has 3 aromatic rings. The van der Waals surface area contributed by atoms with Crippen molar-refractivity contribution in [2.45, 2.75) is 12.8 Å². The molecule has 1 saturated carbocycles. The Kier molecular flexibility index (Phi) is 4.14. The number of hydrogen-bond acceptors (Lipinski definition) is 3. The van der Waals surface area contributed by atoms with Crippen molar-refractivity contribution in [3.8, 4) is 11.1 Å². The summed E-state index contributed by atoms with van der Waals surface area (Å²) in [4.78, 5) is 23.4. The van der Waals surface area contributed by atoms with Crippen molar-refractivity contribution in [3.05, 3.63) is 59.5 Å². The topological polar surface area (TPSA) is 46.1 Å². The van der Waals surface area contributed by atoms with Crippen LogP contribution in [0.4, 0.5) is 0 Å². The minimum atomic E-state index is -0.0346. The lowest BCUT2D eigenvalue weighted by molar-refractivity contribution is 0.0783. The number of halogens is 1. The van der Waals surface area contributed by atoms with Crippen molar-refractivity contribution in [3.63, 3.8) is 0 Å². The summed E-state index contributed by atoms with van der Waals surface area (Å²) in [6.45, 7) is 0.805. The summed E-state index contributed by atoms with van der Waals surface area (Å²) in [5, 5.41) is 1.59. The second-order valence-electron chi connectivity index (χ2n) is 6.59. The van der Waals surface area contributed by atoms with E-state index in [2.05, 4.69) is 9.97 Å². The van der Waals surface area contributed by atoms with Crippen LogP contribution in [-0.4, -0.2) is 34.4 Å². The maximum Gasteiger partial charge on any atom is 0.272 e. The maximum atomic E-state index is 12.7. The van der Waals surface area contributed by atoms with Gasteiger partial charge in [-0.2, -0.15) is 0 Å². The molecule has 0 radical (unpaired) electrons. The van der Waals surface area contributed by atoms with Gasteiger partial charge in [0, 0.05) is 42.0 Å². The van der Waals surface area contributed by atoms with Gasteiger partial charge >= 0.3 is 0 Å². The van der Waals surface area contributed by atoms with Gasteiger partial charge in [-0.15, -0.1) is 0 Å². The van der Waals surface area contributed by atoms with Gasteiger partial charge in [0.15, 0.2) is 0 Å². The summed E-state index contributed by atoms with van der Waals surface area (Å²) in [6, 6.07) is 11.2. The van der Waals surface area contributed by atoms with Gasteiger partial charge < -0.3 is 4.90 Å². The van der Waals surface area contributed by atoms with Gasteiger partial charge in [0.25, 0.3) is 5.91 Å². The molecule has 1 aliphatic carbocycles. The van der Waals surface area contributed by atoms with Crippen LogP contribution < -0.4 is 0 Å². The third-order valence-corrected chi connectivity index (χ3v) is 4.80. The number of aromatic nitrogens is 2. The molecule has 0 saturated heterocycles. The molecule has 126 valence electrons. The highest BCUT2D eigenvalue weighted by molar-refractivity contribution is 6.30. The number of carbonyl (C=O) groups excluding carboxylic acids is 1. The lowest BCUT2D eigenvalue weighted by Crippen LogP contribution is -2.29. The minimum absolute atomic E-state index is 0.0346. The molecule has 0 N–H and O–H groups in total. The molecule has 5 heteroatoms. The zero-order valence-corrected chi connectivity index (χ0v) is 14.7. The molecular weight excluding hydrogens is 334 g/mol. The van der Waals surface area contributed by atoms with Crippen molar-refractivity contribution in [2.75, 3.05) is 13.6 Å². The fourth-order valence-electron chi connectivity index (χ4n) is 2.97. The normalized spacial score (nSPS) is 13.8. The van der Waals surface area contributed by atoms with E-state index in [1.165, 1.54) is 12.8 Å². The average Bonchev–Trinajstić information content (AvgIpc) is 3.45. The Morgan fingerprint density at radius 2 is 1.92 bits per heavy atom. The average molecular weight is 352 g/mol. The van der Waals surface area contributed by atoms with Crippen LogP contribution in [0.25, 0.3) is 22.0 Å². The number of pyridine rings is 2. The molecule has 25 heavy (non-hydrogen) atoms. The van der Waals surface area contributed by atoms with Gasteiger partial charge in [0.2, 0.25) is 0 Å². The summed E-state index contributed by atoms with van der Waals surface area (Å²) < 4.78 is 0. The summed E-state index contributed by atoms with van der Waals surface area (Å²) in [5.74, 6) is 0.621. The van der Waals surface area contributed by atoms with E-state index < -0.39 is 0 Å². The van der Waals surface area contributed by atoms with Crippen molar-refractivity contribution in [1.29, 1.82) is 0 Å². The predicted octanol–water partition coefficient (Wildman–Crippen LogP) is 4.43. The number of carbonyl (C=O) groups is 1. The van der Waals surface area contributed by atoms with Crippen molar-refractivity contribution in [1.82, 2.24) is 14.9 Å². The Morgan fingerprint density at radius 1 is 1.16 bits per heavy atom. The molecule has 0 atom stereocenters. The van der Waals surface area contributed by atoms with Gasteiger partial charge in [0.1, 0.15) is 5.69 Å². The van der Waals surface area contributed by atoms with E-state index in [-0.39, 0.29) is 5.91 Å². The van der Waals surface area contributed by atoms with Crippen molar-refractivity contribution < 1.29 is 4.79 Å². The highest BCUT2D eigenvalue weighted by atomic mass is 35.5. The van der Waals surface area contributed by atoms with Crippen LogP contribution >= 0.6 is 11.6 Å². The molecule has 2 aromatic heterocycles. The van der Waals surface area contributed by atoms with E-state index in [0.717, 1.165) is 28.6 Å². The fraction of sp³-hybridized carbons (Fsp3) is 0.250. The first-order valence-corrected chi connectivity index (χ1v) is 8.76. The van der Waals surface area contributed by atoms with Crippen LogP contribution in [0.15, 0.2) is 48.8 Å². The lowest BCUT2D eigenvalue weighted by Gasteiger charge is -2.16. The Labute approximate surface area is 151 Å². The number of amides is 1. The van der Waals surface area contributed by atoms with Crippen LogP contribution in [0.2, 0.25) is 5.02 Å². The number of hydrogen-bond donors (Lipinski definition) is 0. The number of fused-ring (bicyclic) bond motifs is 1. The van der Waals surface area contributed by atoms with Gasteiger partial charge in [-0.25, -0.2) is 4.98 Å². The van der Waals surface area contributed by atoms with Crippen LogP contribution in [0, 0.1) is 5.92 Å². The first-order valence-electron chi connectivity index (χ1n) is 8.38. The Morgan fingerprint density at radius 3 is 2.64 bits per heavy atom. The maximum absolute atomic E-state index is 12.7. The predicted molar refractivity (Wildman–Crippen MR) is 99.7 cm³/mol. The summed E-state index contributed by atoms with van der Waals surface area (Å²) in [7, 11) is 1.85. The first kappa shape index (κ1) is 16.0. The van der Waals surface area contributed by atoms with Crippen molar-refractivity contribution in [2.24, 2.45) is 5.92 Å². The fourth-order valence-corrected chi connectivity index (χ4v) is 3.10. The zero-order valence-electron chi connectivity index (χ0n) is 13.9. The SMILES string of the molecule is CN(CC1CC1)C(=O)c1ccc2cncc(-c3ccc(Cl)cc3)c2n1. The number of nitrogens with zero attached hydrogens (tertiary/aromatic N) is 3. The van der Waals surface area contributed by atoms with Gasteiger partial charge in [0.05, 0.1) is 5.52 Å². The molecule has 0 bridgehead atoms. The summed E-state index contributed by atoms with van der Waals surface area (Å²) in [5.41, 5.74) is 3.12. The van der Waals surface area contributed by atoms with Crippen LogP contribution in [0.3, 0.4) is 0 Å². The van der Waals surface area contributed by atoms with E-state index in [0.29, 0.717) is 16.6 Å². The Bertz CT molecular complexity index is 935. The molecule has 4 nitrogen and oxygen atoms in total. The van der Waals surface area contributed by atoms with E-state index in [9.17, 15) is 4.79 Å². The third kappa shape index (κ3) is 3.35. The minimum Gasteiger partial charge on any atom is -0.340 e. The van der Waals surface area contributed by atoms with Gasteiger partial charge in [-0.3, -0.25) is 9.78 Å². The molecule has 0 aliphatic heterocycles. The second kappa shape index (κ2) is 6.45. The van der Waals surface area contributed by atoms with Gasteiger partial charge in [-0.1, -0.05) is 23.7 Å². The molecular formula is C20H18ClN3O. The monoisotopic (exact) mass is 351 g/mol. The molecule has 0 spiro atoms. The molecule has 4 rings (SSSR count). The number of benzene rings is 1. The van der Waals surface area contributed by atoms with Gasteiger partial charge in [-0.05, 0) is 48.6 Å². The second-order valence-corrected chi connectivity index (χ2v) is 7.03. The van der Waals surface area contributed by atoms with E-state index in [4.69, 9.17) is 11.6 Å². The van der Waals surface area contributed by atoms with Crippen LogP contribution in [-0.2, 0) is 0 Å². The molecule has 0 unspecified atom stereocenters. The van der Waals surface area contributed by atoms with Crippen LogP contribution in [0.5, 0.6) is 0 Å². The summed E-state index contributed by atoms with van der Waals surface area (Å²) >= 11 is 5.98. The van der Waals surface area contributed by atoms with Crippen LogP contribution in [0.1, 0.15) is 23.3 Å². The largest absolute Gasteiger partial charge is 0.340 e. The Balaban J connectivity index is 1.74. The van der Waals surface area contributed by atoms with E-state index in [1.807, 2.05) is 37.4 Å². The third-order valence-electron chi connectivity index (χ3n) is 4.55.